The predicted molar refractivity (Wildman–Crippen MR) is 80.5 cm³/mol. The van der Waals surface area contributed by atoms with Crippen LogP contribution in [0.1, 0.15) is 11.1 Å². The van der Waals surface area contributed by atoms with Crippen molar-refractivity contribution in [3.05, 3.63) is 57.6 Å². The minimum Gasteiger partial charge on any atom is -0.454 e. The van der Waals surface area contributed by atoms with Crippen LogP contribution in [-0.4, -0.2) is 6.54 Å². The summed E-state index contributed by atoms with van der Waals surface area (Å²) in [7, 11) is 0. The second-order valence-electron chi connectivity index (χ2n) is 4.34. The molecule has 0 fully saturated rings. The molecule has 100 valence electrons. The Morgan fingerprint density at radius 1 is 1.00 bits per heavy atom. The van der Waals surface area contributed by atoms with Gasteiger partial charge in [-0.3, -0.25) is 0 Å². The standard InChI is InChI=1S/C15H15Cl2NO/c1-10-2-4-12(16)15(8-10)19-14-5-3-11(6-7-18)9-13(14)17/h2-5,8-9H,6-7,18H2,1H3. The van der Waals surface area contributed by atoms with Gasteiger partial charge in [0.25, 0.3) is 0 Å². The van der Waals surface area contributed by atoms with Gasteiger partial charge in [0.15, 0.2) is 0 Å². The first-order chi connectivity index (χ1) is 9.10. The van der Waals surface area contributed by atoms with Crippen molar-refractivity contribution in [2.75, 3.05) is 6.54 Å². The van der Waals surface area contributed by atoms with Crippen LogP contribution in [0.5, 0.6) is 11.5 Å². The minimum absolute atomic E-state index is 0.559. The summed E-state index contributed by atoms with van der Waals surface area (Å²) in [4.78, 5) is 0. The molecule has 2 N–H and O–H groups in total. The summed E-state index contributed by atoms with van der Waals surface area (Å²) in [5, 5.41) is 1.12. The number of nitrogens with two attached hydrogens (primary N) is 1. The normalized spacial score (nSPS) is 10.5. The third-order valence-electron chi connectivity index (χ3n) is 2.74. The third kappa shape index (κ3) is 3.63. The van der Waals surface area contributed by atoms with E-state index >= 15 is 0 Å². The van der Waals surface area contributed by atoms with E-state index in [9.17, 15) is 0 Å². The summed E-state index contributed by atoms with van der Waals surface area (Å²) in [5.74, 6) is 1.20. The minimum atomic E-state index is 0.559. The van der Waals surface area contributed by atoms with Gasteiger partial charge in [0, 0.05) is 0 Å². The van der Waals surface area contributed by atoms with Crippen LogP contribution in [0, 0.1) is 6.92 Å². The lowest BCUT2D eigenvalue weighted by Crippen LogP contribution is -2.02. The molecular formula is C15H15Cl2NO. The van der Waals surface area contributed by atoms with E-state index < -0.39 is 0 Å². The van der Waals surface area contributed by atoms with Crippen molar-refractivity contribution in [1.82, 2.24) is 0 Å². The molecule has 0 radical (unpaired) electrons. The van der Waals surface area contributed by atoms with E-state index in [-0.39, 0.29) is 0 Å². The average molecular weight is 296 g/mol. The van der Waals surface area contributed by atoms with Gasteiger partial charge in [0.1, 0.15) is 11.5 Å². The lowest BCUT2D eigenvalue weighted by molar-refractivity contribution is 0.482. The molecule has 4 heteroatoms. The van der Waals surface area contributed by atoms with Gasteiger partial charge in [0.05, 0.1) is 10.0 Å². The Hall–Kier alpha value is -1.22. The summed E-state index contributed by atoms with van der Waals surface area (Å²) in [6.07, 6.45) is 0.797. The first kappa shape index (κ1) is 14.2. The Bertz CT molecular complexity index is 584. The van der Waals surface area contributed by atoms with Crippen molar-refractivity contribution in [1.29, 1.82) is 0 Å². The quantitative estimate of drug-likeness (QED) is 0.895. The first-order valence-corrected chi connectivity index (χ1v) is 6.78. The zero-order valence-electron chi connectivity index (χ0n) is 10.6. The lowest BCUT2D eigenvalue weighted by Gasteiger charge is -2.11. The molecule has 2 nitrogen and oxygen atoms in total. The smallest absolute Gasteiger partial charge is 0.146 e. The predicted octanol–water partition coefficient (Wildman–Crippen LogP) is 4.60. The van der Waals surface area contributed by atoms with Crippen LogP contribution >= 0.6 is 23.2 Å². The van der Waals surface area contributed by atoms with Crippen LogP contribution in [0.15, 0.2) is 36.4 Å². The van der Waals surface area contributed by atoms with Crippen LogP contribution in [0.2, 0.25) is 10.0 Å². The van der Waals surface area contributed by atoms with Gasteiger partial charge in [-0.05, 0) is 55.3 Å². The lowest BCUT2D eigenvalue weighted by atomic mass is 10.1. The van der Waals surface area contributed by atoms with Gasteiger partial charge in [0.2, 0.25) is 0 Å². The number of rotatable bonds is 4. The number of aryl methyl sites for hydroxylation is 1. The molecule has 0 aliphatic carbocycles. The summed E-state index contributed by atoms with van der Waals surface area (Å²) in [5.41, 5.74) is 7.69. The number of ether oxygens (including phenoxy) is 1. The van der Waals surface area contributed by atoms with E-state index in [1.54, 1.807) is 0 Å². The summed E-state index contributed by atoms with van der Waals surface area (Å²) >= 11 is 12.3. The highest BCUT2D eigenvalue weighted by Gasteiger charge is 2.07. The Morgan fingerprint density at radius 3 is 2.47 bits per heavy atom. The van der Waals surface area contributed by atoms with E-state index in [4.69, 9.17) is 33.7 Å². The van der Waals surface area contributed by atoms with Crippen molar-refractivity contribution in [3.63, 3.8) is 0 Å². The fraction of sp³-hybridized carbons (Fsp3) is 0.200. The van der Waals surface area contributed by atoms with Gasteiger partial charge in [-0.2, -0.15) is 0 Å². The fourth-order valence-corrected chi connectivity index (χ4v) is 2.15. The molecule has 19 heavy (non-hydrogen) atoms. The maximum atomic E-state index is 6.20. The molecule has 0 atom stereocenters. The van der Waals surface area contributed by atoms with E-state index in [2.05, 4.69) is 0 Å². The van der Waals surface area contributed by atoms with Crippen molar-refractivity contribution in [3.8, 4) is 11.5 Å². The highest BCUT2D eigenvalue weighted by atomic mass is 35.5. The number of halogens is 2. The van der Waals surface area contributed by atoms with Crippen molar-refractivity contribution in [2.45, 2.75) is 13.3 Å². The van der Waals surface area contributed by atoms with Crippen LogP contribution in [0.4, 0.5) is 0 Å². The molecule has 2 rings (SSSR count). The van der Waals surface area contributed by atoms with Crippen molar-refractivity contribution < 1.29 is 4.74 Å². The Labute approximate surface area is 123 Å². The molecule has 0 amide bonds. The number of hydrogen-bond acceptors (Lipinski definition) is 2. The van der Waals surface area contributed by atoms with Crippen LogP contribution in [0.3, 0.4) is 0 Å². The zero-order valence-corrected chi connectivity index (χ0v) is 12.1. The van der Waals surface area contributed by atoms with Gasteiger partial charge < -0.3 is 10.5 Å². The second kappa shape index (κ2) is 6.29. The van der Waals surface area contributed by atoms with Crippen LogP contribution in [-0.2, 0) is 6.42 Å². The highest BCUT2D eigenvalue weighted by molar-refractivity contribution is 6.32. The SMILES string of the molecule is Cc1ccc(Cl)c(Oc2ccc(CCN)cc2Cl)c1. The molecule has 2 aromatic carbocycles. The molecular weight excluding hydrogens is 281 g/mol. The summed E-state index contributed by atoms with van der Waals surface area (Å²) < 4.78 is 5.76. The van der Waals surface area contributed by atoms with Crippen LogP contribution < -0.4 is 10.5 Å². The maximum Gasteiger partial charge on any atom is 0.146 e. The van der Waals surface area contributed by atoms with E-state index in [0.717, 1.165) is 17.5 Å². The average Bonchev–Trinajstić information content (AvgIpc) is 2.37. The Kier molecular flexibility index (Phi) is 4.70. The topological polar surface area (TPSA) is 35.2 Å². The molecule has 0 saturated carbocycles. The molecule has 2 aromatic rings. The Morgan fingerprint density at radius 2 is 1.79 bits per heavy atom. The van der Waals surface area contributed by atoms with Gasteiger partial charge >= 0.3 is 0 Å². The van der Waals surface area contributed by atoms with E-state index in [1.807, 2.05) is 43.3 Å². The molecule has 0 bridgehead atoms. The summed E-state index contributed by atoms with van der Waals surface area (Å²) in [6, 6.07) is 11.3. The third-order valence-corrected chi connectivity index (χ3v) is 3.34. The largest absolute Gasteiger partial charge is 0.454 e. The number of benzene rings is 2. The molecule has 0 spiro atoms. The maximum absolute atomic E-state index is 6.20. The van der Waals surface area contributed by atoms with Crippen molar-refractivity contribution in [2.24, 2.45) is 5.73 Å². The number of hydrogen-bond donors (Lipinski definition) is 1. The molecule has 0 heterocycles. The summed E-state index contributed by atoms with van der Waals surface area (Å²) in [6.45, 7) is 2.58. The van der Waals surface area contributed by atoms with E-state index in [0.29, 0.717) is 28.1 Å². The van der Waals surface area contributed by atoms with E-state index in [1.165, 1.54) is 0 Å². The monoisotopic (exact) mass is 295 g/mol. The van der Waals surface area contributed by atoms with Gasteiger partial charge in [-0.1, -0.05) is 35.3 Å². The first-order valence-electron chi connectivity index (χ1n) is 6.02. The molecule has 0 aliphatic heterocycles. The van der Waals surface area contributed by atoms with Gasteiger partial charge in [-0.25, -0.2) is 0 Å². The van der Waals surface area contributed by atoms with Crippen LogP contribution in [0.25, 0.3) is 0 Å². The molecule has 0 saturated heterocycles. The Balaban J connectivity index is 2.25. The second-order valence-corrected chi connectivity index (χ2v) is 5.15. The fourth-order valence-electron chi connectivity index (χ4n) is 1.76. The zero-order chi connectivity index (χ0) is 13.8. The molecule has 0 unspecified atom stereocenters. The highest BCUT2D eigenvalue weighted by Crippen LogP contribution is 2.34. The molecule has 0 aromatic heterocycles. The molecule has 0 aliphatic rings. The van der Waals surface area contributed by atoms with Gasteiger partial charge in [-0.15, -0.1) is 0 Å². The van der Waals surface area contributed by atoms with Crippen molar-refractivity contribution >= 4 is 23.2 Å².